The molecule has 0 saturated carbocycles. The van der Waals surface area contributed by atoms with Crippen LogP contribution in [0.2, 0.25) is 0 Å². The van der Waals surface area contributed by atoms with Gasteiger partial charge in [0.2, 0.25) is 0 Å². The van der Waals surface area contributed by atoms with Crippen molar-refractivity contribution in [3.8, 4) is 0 Å². The zero-order chi connectivity index (χ0) is 11.3. The lowest BCUT2D eigenvalue weighted by Crippen LogP contribution is -2.47. The number of aliphatic carboxylic acids is 1. The third kappa shape index (κ3) is 4.59. The Morgan fingerprint density at radius 3 is 2.53 bits per heavy atom. The minimum Gasteiger partial charge on any atom is -0.480 e. The second-order valence-corrected chi connectivity index (χ2v) is 4.16. The van der Waals surface area contributed by atoms with Crippen molar-refractivity contribution in [1.82, 2.24) is 15.1 Å². The first-order valence-corrected chi connectivity index (χ1v) is 5.46. The van der Waals surface area contributed by atoms with Crippen LogP contribution in [0.3, 0.4) is 0 Å². The molecular weight excluding hydrogens is 194 g/mol. The standard InChI is InChI=1S/C10H21N3O2/c1-9(10(14)15)11-3-4-13-7-5-12(2)6-8-13/h9,11H,3-8H2,1-2H3,(H,14,15)/t9-/m0/s1. The van der Waals surface area contributed by atoms with Crippen LogP contribution in [0.15, 0.2) is 0 Å². The van der Waals surface area contributed by atoms with Crippen molar-refractivity contribution in [2.24, 2.45) is 0 Å². The minimum absolute atomic E-state index is 0.447. The lowest BCUT2D eigenvalue weighted by Gasteiger charge is -2.32. The predicted octanol–water partition coefficient (Wildman–Crippen LogP) is -0.703. The van der Waals surface area contributed by atoms with Gasteiger partial charge >= 0.3 is 5.97 Å². The number of piperazine rings is 1. The van der Waals surface area contributed by atoms with Crippen molar-refractivity contribution in [2.45, 2.75) is 13.0 Å². The number of carboxylic acids is 1. The summed E-state index contributed by atoms with van der Waals surface area (Å²) in [7, 11) is 2.13. The molecule has 1 heterocycles. The monoisotopic (exact) mass is 215 g/mol. The summed E-state index contributed by atoms with van der Waals surface area (Å²) in [5.74, 6) is -0.784. The van der Waals surface area contributed by atoms with Gasteiger partial charge in [-0.2, -0.15) is 0 Å². The summed E-state index contributed by atoms with van der Waals surface area (Å²) in [5, 5.41) is 11.7. The van der Waals surface area contributed by atoms with E-state index >= 15 is 0 Å². The number of carboxylic acid groups (broad SMARTS) is 1. The third-order valence-electron chi connectivity index (χ3n) is 2.84. The largest absolute Gasteiger partial charge is 0.480 e. The molecule has 15 heavy (non-hydrogen) atoms. The van der Waals surface area contributed by atoms with Crippen LogP contribution >= 0.6 is 0 Å². The zero-order valence-corrected chi connectivity index (χ0v) is 9.57. The van der Waals surface area contributed by atoms with Gasteiger partial charge in [0.25, 0.3) is 0 Å². The van der Waals surface area contributed by atoms with Crippen LogP contribution in [0.4, 0.5) is 0 Å². The van der Waals surface area contributed by atoms with E-state index in [-0.39, 0.29) is 0 Å². The number of hydrogen-bond acceptors (Lipinski definition) is 4. The molecule has 0 unspecified atom stereocenters. The van der Waals surface area contributed by atoms with Crippen LogP contribution in [0.25, 0.3) is 0 Å². The molecule has 1 aliphatic rings. The summed E-state index contributed by atoms with van der Waals surface area (Å²) in [6.07, 6.45) is 0. The predicted molar refractivity (Wildman–Crippen MR) is 59.0 cm³/mol. The van der Waals surface area contributed by atoms with Crippen molar-refractivity contribution in [3.05, 3.63) is 0 Å². The van der Waals surface area contributed by atoms with E-state index < -0.39 is 12.0 Å². The molecule has 88 valence electrons. The fraction of sp³-hybridized carbons (Fsp3) is 0.900. The molecule has 5 heteroatoms. The quantitative estimate of drug-likeness (QED) is 0.635. The highest BCUT2D eigenvalue weighted by molar-refractivity contribution is 5.72. The fourth-order valence-electron chi connectivity index (χ4n) is 1.60. The summed E-state index contributed by atoms with van der Waals surface area (Å²) < 4.78 is 0. The van der Waals surface area contributed by atoms with Gasteiger partial charge in [0, 0.05) is 39.3 Å². The van der Waals surface area contributed by atoms with Gasteiger partial charge in [-0.15, -0.1) is 0 Å². The lowest BCUT2D eigenvalue weighted by molar-refractivity contribution is -0.139. The number of nitrogens with one attached hydrogen (secondary N) is 1. The van der Waals surface area contributed by atoms with Crippen LogP contribution < -0.4 is 5.32 Å². The lowest BCUT2D eigenvalue weighted by atomic mass is 10.3. The van der Waals surface area contributed by atoms with Crippen molar-refractivity contribution in [1.29, 1.82) is 0 Å². The molecule has 1 saturated heterocycles. The molecule has 0 aromatic carbocycles. The summed E-state index contributed by atoms with van der Waals surface area (Å²) in [5.41, 5.74) is 0. The van der Waals surface area contributed by atoms with Crippen LogP contribution in [0.1, 0.15) is 6.92 Å². The van der Waals surface area contributed by atoms with Crippen molar-refractivity contribution in [3.63, 3.8) is 0 Å². The number of nitrogens with zero attached hydrogens (tertiary/aromatic N) is 2. The van der Waals surface area contributed by atoms with Crippen LogP contribution in [0.5, 0.6) is 0 Å². The summed E-state index contributed by atoms with van der Waals surface area (Å²) in [4.78, 5) is 15.2. The Balaban J connectivity index is 2.07. The van der Waals surface area contributed by atoms with Gasteiger partial charge in [0.15, 0.2) is 0 Å². The SMILES string of the molecule is C[C@H](NCCN1CCN(C)CC1)C(=O)O. The van der Waals surface area contributed by atoms with Gasteiger partial charge in [-0.3, -0.25) is 9.69 Å². The van der Waals surface area contributed by atoms with Gasteiger partial charge in [-0.1, -0.05) is 0 Å². The fourth-order valence-corrected chi connectivity index (χ4v) is 1.60. The normalized spacial score (nSPS) is 21.5. The van der Waals surface area contributed by atoms with E-state index in [4.69, 9.17) is 5.11 Å². The van der Waals surface area contributed by atoms with Crippen molar-refractivity contribution in [2.75, 3.05) is 46.3 Å². The maximum Gasteiger partial charge on any atom is 0.320 e. The van der Waals surface area contributed by atoms with E-state index in [0.29, 0.717) is 0 Å². The topological polar surface area (TPSA) is 55.8 Å². The first-order chi connectivity index (χ1) is 7.09. The number of carbonyl (C=O) groups is 1. The number of rotatable bonds is 5. The van der Waals surface area contributed by atoms with E-state index in [2.05, 4.69) is 22.2 Å². The van der Waals surface area contributed by atoms with Crippen LogP contribution in [-0.4, -0.2) is 73.2 Å². The van der Waals surface area contributed by atoms with Crippen molar-refractivity contribution < 1.29 is 9.90 Å². The Bertz CT molecular complexity index is 203. The van der Waals surface area contributed by atoms with E-state index in [1.54, 1.807) is 6.92 Å². The molecule has 0 spiro atoms. The summed E-state index contributed by atoms with van der Waals surface area (Å²) in [6, 6.07) is -0.447. The molecule has 1 atom stereocenters. The van der Waals surface area contributed by atoms with Gasteiger partial charge in [0.05, 0.1) is 0 Å². The molecule has 0 aromatic rings. The molecular formula is C10H21N3O2. The Morgan fingerprint density at radius 2 is 2.00 bits per heavy atom. The maximum atomic E-state index is 10.5. The van der Waals surface area contributed by atoms with Crippen molar-refractivity contribution >= 4 is 5.97 Å². The van der Waals surface area contributed by atoms with E-state index in [1.807, 2.05) is 0 Å². The highest BCUT2D eigenvalue weighted by Gasteiger charge is 2.14. The molecule has 0 radical (unpaired) electrons. The highest BCUT2D eigenvalue weighted by Crippen LogP contribution is 1.97. The van der Waals surface area contributed by atoms with Gasteiger partial charge in [-0.05, 0) is 14.0 Å². The van der Waals surface area contributed by atoms with E-state index in [1.165, 1.54) is 0 Å². The second-order valence-electron chi connectivity index (χ2n) is 4.16. The third-order valence-corrected chi connectivity index (χ3v) is 2.84. The number of likely N-dealkylation sites (N-methyl/N-ethyl adjacent to an activating group) is 1. The average Bonchev–Trinajstić information content (AvgIpc) is 2.20. The molecule has 1 aliphatic heterocycles. The maximum absolute atomic E-state index is 10.5. The Hall–Kier alpha value is -0.650. The highest BCUT2D eigenvalue weighted by atomic mass is 16.4. The van der Waals surface area contributed by atoms with E-state index in [0.717, 1.165) is 39.3 Å². The Kier molecular flexibility index (Phi) is 5.01. The molecule has 1 fully saturated rings. The molecule has 1 rings (SSSR count). The molecule has 5 nitrogen and oxygen atoms in total. The van der Waals surface area contributed by atoms with Crippen LogP contribution in [-0.2, 0) is 4.79 Å². The Labute approximate surface area is 91.0 Å². The Morgan fingerprint density at radius 1 is 1.40 bits per heavy atom. The molecule has 0 aromatic heterocycles. The molecule has 0 amide bonds. The average molecular weight is 215 g/mol. The smallest absolute Gasteiger partial charge is 0.320 e. The van der Waals surface area contributed by atoms with E-state index in [9.17, 15) is 4.79 Å². The summed E-state index contributed by atoms with van der Waals surface area (Å²) >= 11 is 0. The van der Waals surface area contributed by atoms with Crippen LogP contribution in [0, 0.1) is 0 Å². The van der Waals surface area contributed by atoms with Gasteiger partial charge in [-0.25, -0.2) is 0 Å². The number of hydrogen-bond donors (Lipinski definition) is 2. The molecule has 2 N–H and O–H groups in total. The first-order valence-electron chi connectivity index (χ1n) is 5.46. The molecule has 0 bridgehead atoms. The molecule has 0 aliphatic carbocycles. The van der Waals surface area contributed by atoms with Gasteiger partial charge in [0.1, 0.15) is 6.04 Å². The minimum atomic E-state index is -0.784. The second kappa shape index (κ2) is 6.05. The zero-order valence-electron chi connectivity index (χ0n) is 9.57. The first kappa shape index (κ1) is 12.4. The summed E-state index contributed by atoms with van der Waals surface area (Å²) in [6.45, 7) is 7.73. The van der Waals surface area contributed by atoms with Gasteiger partial charge < -0.3 is 15.3 Å².